The highest BCUT2D eigenvalue weighted by Crippen LogP contribution is 2.15. The molecular weight excluding hydrogens is 226 g/mol. The van der Waals surface area contributed by atoms with Gasteiger partial charge in [-0.3, -0.25) is 4.79 Å². The quantitative estimate of drug-likeness (QED) is 0.545. The summed E-state index contributed by atoms with van der Waals surface area (Å²) in [6.07, 6.45) is 5.19. The summed E-state index contributed by atoms with van der Waals surface area (Å²) < 4.78 is 0. The highest BCUT2D eigenvalue weighted by atomic mass is 16.2. The number of carbonyl (C=O) groups excluding carboxylic acids is 1. The fraction of sp³-hybridized carbons (Fsp3) is 0.786. The third-order valence-electron chi connectivity index (χ3n) is 3.60. The fourth-order valence-corrected chi connectivity index (χ4v) is 2.46. The van der Waals surface area contributed by atoms with Gasteiger partial charge in [-0.2, -0.15) is 0 Å². The summed E-state index contributed by atoms with van der Waals surface area (Å²) in [6, 6.07) is 0.413. The van der Waals surface area contributed by atoms with Gasteiger partial charge in [-0.1, -0.05) is 13.0 Å². The third kappa shape index (κ3) is 4.78. The standard InChI is InChI=1S/C14H27N3O/c1-4-8-15-12-14(18)16(3)13-6-10-17(9-5-2)11-7-13/h4,13,15H,1,5-12H2,2-3H3. The van der Waals surface area contributed by atoms with Gasteiger partial charge in [0.1, 0.15) is 0 Å². The van der Waals surface area contributed by atoms with E-state index in [4.69, 9.17) is 0 Å². The SMILES string of the molecule is C=CCNCC(=O)N(C)C1CCN(CCC)CC1. The summed E-state index contributed by atoms with van der Waals surface area (Å²) in [5.74, 6) is 0.186. The molecule has 1 rings (SSSR count). The van der Waals surface area contributed by atoms with E-state index >= 15 is 0 Å². The van der Waals surface area contributed by atoms with Gasteiger partial charge in [0, 0.05) is 32.7 Å². The molecule has 1 aliphatic rings. The molecule has 0 saturated carbocycles. The number of nitrogens with zero attached hydrogens (tertiary/aromatic N) is 2. The number of nitrogens with one attached hydrogen (secondary N) is 1. The molecule has 1 fully saturated rings. The van der Waals surface area contributed by atoms with Crippen LogP contribution in [0, 0.1) is 0 Å². The highest BCUT2D eigenvalue weighted by Gasteiger charge is 2.24. The van der Waals surface area contributed by atoms with E-state index < -0.39 is 0 Å². The van der Waals surface area contributed by atoms with E-state index in [1.165, 1.54) is 13.0 Å². The number of hydrogen-bond donors (Lipinski definition) is 1. The summed E-state index contributed by atoms with van der Waals surface area (Å²) in [4.78, 5) is 16.3. The Morgan fingerprint density at radius 2 is 2.17 bits per heavy atom. The van der Waals surface area contributed by atoms with Gasteiger partial charge in [0.15, 0.2) is 0 Å². The van der Waals surface area contributed by atoms with Crippen LogP contribution in [0.15, 0.2) is 12.7 Å². The second-order valence-corrected chi connectivity index (χ2v) is 5.00. The van der Waals surface area contributed by atoms with Crippen LogP contribution in [-0.2, 0) is 4.79 Å². The first kappa shape index (κ1) is 15.2. The molecule has 104 valence electrons. The Morgan fingerprint density at radius 1 is 1.50 bits per heavy atom. The van der Waals surface area contributed by atoms with Crippen LogP contribution >= 0.6 is 0 Å². The van der Waals surface area contributed by atoms with Crippen LogP contribution in [-0.4, -0.2) is 61.5 Å². The van der Waals surface area contributed by atoms with Crippen molar-refractivity contribution in [1.29, 1.82) is 0 Å². The summed E-state index contributed by atoms with van der Waals surface area (Å²) >= 11 is 0. The zero-order valence-electron chi connectivity index (χ0n) is 11.8. The van der Waals surface area contributed by atoms with Crippen LogP contribution in [0.3, 0.4) is 0 Å². The van der Waals surface area contributed by atoms with Crippen molar-refractivity contribution in [1.82, 2.24) is 15.1 Å². The number of hydrogen-bond acceptors (Lipinski definition) is 3. The molecule has 1 aliphatic heterocycles. The number of piperidine rings is 1. The van der Waals surface area contributed by atoms with Gasteiger partial charge in [0.05, 0.1) is 6.54 Å². The van der Waals surface area contributed by atoms with Gasteiger partial charge >= 0.3 is 0 Å². The Balaban J connectivity index is 2.28. The smallest absolute Gasteiger partial charge is 0.236 e. The lowest BCUT2D eigenvalue weighted by Crippen LogP contribution is -2.47. The van der Waals surface area contributed by atoms with E-state index in [1.807, 2.05) is 11.9 Å². The first-order valence-electron chi connectivity index (χ1n) is 6.98. The molecule has 1 amide bonds. The minimum atomic E-state index is 0.186. The first-order chi connectivity index (χ1) is 8.69. The summed E-state index contributed by atoms with van der Waals surface area (Å²) in [7, 11) is 1.93. The van der Waals surface area contributed by atoms with Gasteiger partial charge in [-0.25, -0.2) is 0 Å². The van der Waals surface area contributed by atoms with Crippen LogP contribution in [0.2, 0.25) is 0 Å². The maximum absolute atomic E-state index is 11.9. The van der Waals surface area contributed by atoms with Gasteiger partial charge < -0.3 is 15.1 Å². The lowest BCUT2D eigenvalue weighted by Gasteiger charge is -2.36. The van der Waals surface area contributed by atoms with Gasteiger partial charge in [-0.15, -0.1) is 6.58 Å². The van der Waals surface area contributed by atoms with Crippen molar-refractivity contribution in [2.45, 2.75) is 32.2 Å². The molecule has 4 nitrogen and oxygen atoms in total. The average molecular weight is 253 g/mol. The molecule has 1 N–H and O–H groups in total. The first-order valence-corrected chi connectivity index (χ1v) is 6.98. The molecule has 0 atom stereocenters. The van der Waals surface area contributed by atoms with Crippen LogP contribution in [0.25, 0.3) is 0 Å². The minimum absolute atomic E-state index is 0.186. The van der Waals surface area contributed by atoms with E-state index in [0.29, 0.717) is 19.1 Å². The van der Waals surface area contributed by atoms with E-state index in [-0.39, 0.29) is 5.91 Å². The van der Waals surface area contributed by atoms with E-state index in [2.05, 4.69) is 23.7 Å². The normalized spacial score (nSPS) is 17.7. The minimum Gasteiger partial charge on any atom is -0.342 e. The Bertz CT molecular complexity index is 260. The number of carbonyl (C=O) groups is 1. The van der Waals surface area contributed by atoms with Crippen LogP contribution < -0.4 is 5.32 Å². The molecule has 0 aliphatic carbocycles. The van der Waals surface area contributed by atoms with Crippen molar-refractivity contribution in [3.8, 4) is 0 Å². The van der Waals surface area contributed by atoms with Crippen molar-refractivity contribution in [2.75, 3.05) is 39.8 Å². The summed E-state index contributed by atoms with van der Waals surface area (Å²) in [5, 5.41) is 3.06. The summed E-state index contributed by atoms with van der Waals surface area (Å²) in [5.41, 5.74) is 0. The molecular formula is C14H27N3O. The molecule has 18 heavy (non-hydrogen) atoms. The van der Waals surface area contributed by atoms with Crippen molar-refractivity contribution >= 4 is 5.91 Å². The zero-order chi connectivity index (χ0) is 13.4. The average Bonchev–Trinajstić information content (AvgIpc) is 2.39. The lowest BCUT2D eigenvalue weighted by atomic mass is 10.0. The molecule has 4 heteroatoms. The number of likely N-dealkylation sites (tertiary alicyclic amines) is 1. The number of amides is 1. The largest absolute Gasteiger partial charge is 0.342 e. The molecule has 0 spiro atoms. The monoisotopic (exact) mass is 253 g/mol. The van der Waals surface area contributed by atoms with E-state index in [1.54, 1.807) is 6.08 Å². The predicted octanol–water partition coefficient (Wildman–Crippen LogP) is 1.09. The maximum Gasteiger partial charge on any atom is 0.236 e. The highest BCUT2D eigenvalue weighted by molar-refractivity contribution is 5.78. The zero-order valence-corrected chi connectivity index (χ0v) is 11.8. The maximum atomic E-state index is 11.9. The molecule has 0 aromatic rings. The molecule has 0 aromatic heterocycles. The Kier molecular flexibility index (Phi) is 6.98. The molecule has 0 aromatic carbocycles. The second-order valence-electron chi connectivity index (χ2n) is 5.00. The predicted molar refractivity (Wildman–Crippen MR) is 75.6 cm³/mol. The van der Waals surface area contributed by atoms with Gasteiger partial charge in [-0.05, 0) is 25.8 Å². The lowest BCUT2D eigenvalue weighted by molar-refractivity contribution is -0.131. The molecule has 0 unspecified atom stereocenters. The van der Waals surface area contributed by atoms with Crippen LogP contribution in [0.5, 0.6) is 0 Å². The molecule has 0 radical (unpaired) electrons. The van der Waals surface area contributed by atoms with Crippen LogP contribution in [0.1, 0.15) is 26.2 Å². The topological polar surface area (TPSA) is 35.6 Å². The third-order valence-corrected chi connectivity index (χ3v) is 3.60. The molecule has 1 heterocycles. The molecule has 1 saturated heterocycles. The fourth-order valence-electron chi connectivity index (χ4n) is 2.46. The molecule has 0 bridgehead atoms. The van der Waals surface area contributed by atoms with Gasteiger partial charge in [0.25, 0.3) is 0 Å². The number of rotatable bonds is 7. The van der Waals surface area contributed by atoms with Crippen molar-refractivity contribution < 1.29 is 4.79 Å². The second kappa shape index (κ2) is 8.27. The Morgan fingerprint density at radius 3 is 2.72 bits per heavy atom. The van der Waals surface area contributed by atoms with E-state index in [0.717, 1.165) is 25.9 Å². The number of likely N-dealkylation sites (N-methyl/N-ethyl adjacent to an activating group) is 1. The van der Waals surface area contributed by atoms with Crippen LogP contribution in [0.4, 0.5) is 0 Å². The summed E-state index contributed by atoms with van der Waals surface area (Å²) in [6.45, 7) is 10.4. The Labute approximate surface area is 111 Å². The van der Waals surface area contributed by atoms with Crippen molar-refractivity contribution in [3.63, 3.8) is 0 Å². The van der Waals surface area contributed by atoms with E-state index in [9.17, 15) is 4.79 Å². The van der Waals surface area contributed by atoms with Crippen molar-refractivity contribution in [2.24, 2.45) is 0 Å². The van der Waals surface area contributed by atoms with Crippen molar-refractivity contribution in [3.05, 3.63) is 12.7 Å². The Hall–Kier alpha value is -0.870. The van der Waals surface area contributed by atoms with Gasteiger partial charge in [0.2, 0.25) is 5.91 Å².